The van der Waals surface area contributed by atoms with Crippen molar-refractivity contribution in [2.45, 2.75) is 47.7 Å². The summed E-state index contributed by atoms with van der Waals surface area (Å²) in [5, 5.41) is 4.34. The molecule has 0 aliphatic carbocycles. The smallest absolute Gasteiger partial charge is 0.0534 e. The van der Waals surface area contributed by atoms with Crippen molar-refractivity contribution < 1.29 is 0 Å². The molecular formula is C15H27N3. The largest absolute Gasteiger partial charge is 0.295 e. The lowest BCUT2D eigenvalue weighted by molar-refractivity contribution is 0.255. The highest BCUT2D eigenvalue weighted by molar-refractivity contribution is 5.06. The third-order valence-corrected chi connectivity index (χ3v) is 3.01. The number of hydrogen-bond donors (Lipinski definition) is 0. The van der Waals surface area contributed by atoms with Gasteiger partial charge in [-0.3, -0.25) is 9.58 Å². The van der Waals surface area contributed by atoms with Crippen molar-refractivity contribution in [2.75, 3.05) is 13.1 Å². The van der Waals surface area contributed by atoms with Gasteiger partial charge in [-0.05, 0) is 26.7 Å². The molecule has 1 heterocycles. The first-order valence-electron chi connectivity index (χ1n) is 6.90. The molecule has 1 rings (SSSR count). The highest BCUT2D eigenvalue weighted by Gasteiger charge is 2.10. The van der Waals surface area contributed by atoms with Crippen LogP contribution in [0.25, 0.3) is 0 Å². The molecule has 102 valence electrons. The quantitative estimate of drug-likeness (QED) is 0.691. The summed E-state index contributed by atoms with van der Waals surface area (Å²) in [6, 6.07) is 0. The fraction of sp³-hybridized carbons (Fsp3) is 0.667. The summed E-state index contributed by atoms with van der Waals surface area (Å²) in [4.78, 5) is 2.50. The molecule has 3 nitrogen and oxygen atoms in total. The van der Waals surface area contributed by atoms with Crippen LogP contribution in [-0.4, -0.2) is 27.8 Å². The van der Waals surface area contributed by atoms with Crippen LogP contribution in [-0.2, 0) is 13.1 Å². The molecule has 3 heteroatoms. The zero-order valence-corrected chi connectivity index (χ0v) is 12.5. The fourth-order valence-corrected chi connectivity index (χ4v) is 2.06. The molecule has 0 fully saturated rings. The fourth-order valence-electron chi connectivity index (χ4n) is 2.06. The molecule has 18 heavy (non-hydrogen) atoms. The molecule has 0 spiro atoms. The minimum Gasteiger partial charge on any atom is -0.295 e. The average Bonchev–Trinajstić information content (AvgIpc) is 2.75. The average molecular weight is 249 g/mol. The van der Waals surface area contributed by atoms with Gasteiger partial charge in [0.15, 0.2) is 0 Å². The molecule has 0 bridgehead atoms. The Bertz CT molecular complexity index is 377. The summed E-state index contributed by atoms with van der Waals surface area (Å²) in [7, 11) is 0. The van der Waals surface area contributed by atoms with Crippen LogP contribution < -0.4 is 0 Å². The van der Waals surface area contributed by atoms with E-state index in [0.29, 0.717) is 5.92 Å². The van der Waals surface area contributed by atoms with Crippen LogP contribution in [0.4, 0.5) is 0 Å². The highest BCUT2D eigenvalue weighted by Crippen LogP contribution is 2.09. The summed E-state index contributed by atoms with van der Waals surface area (Å²) in [6.07, 6.45) is 6.34. The number of allylic oxidation sites excluding steroid dienone is 1. The monoisotopic (exact) mass is 249 g/mol. The number of hydrogen-bond acceptors (Lipinski definition) is 2. The van der Waals surface area contributed by atoms with Crippen LogP contribution in [0.3, 0.4) is 0 Å². The van der Waals surface area contributed by atoms with Crippen molar-refractivity contribution in [3.05, 3.63) is 29.6 Å². The second kappa shape index (κ2) is 7.37. The molecule has 0 aromatic carbocycles. The molecule has 0 aliphatic heterocycles. The van der Waals surface area contributed by atoms with Crippen molar-refractivity contribution in [3.8, 4) is 0 Å². The lowest BCUT2D eigenvalue weighted by Gasteiger charge is -2.24. The molecule has 0 unspecified atom stereocenters. The lowest BCUT2D eigenvalue weighted by Crippen LogP contribution is -2.28. The minimum absolute atomic E-state index is 0.691. The number of aryl methyl sites for hydroxylation is 1. The molecule has 0 N–H and O–H groups in total. The van der Waals surface area contributed by atoms with E-state index < -0.39 is 0 Å². The van der Waals surface area contributed by atoms with Crippen molar-refractivity contribution in [2.24, 2.45) is 5.92 Å². The SMILES string of the molecule is C/C=C(\C)CN(Cc1cnn(CC)c1)CC(C)C. The molecular weight excluding hydrogens is 222 g/mol. The lowest BCUT2D eigenvalue weighted by atomic mass is 10.1. The van der Waals surface area contributed by atoms with E-state index in [9.17, 15) is 0 Å². The van der Waals surface area contributed by atoms with Crippen molar-refractivity contribution in [1.82, 2.24) is 14.7 Å². The van der Waals surface area contributed by atoms with Gasteiger partial charge in [0, 0.05) is 37.9 Å². The van der Waals surface area contributed by atoms with E-state index in [-0.39, 0.29) is 0 Å². The second-order valence-electron chi connectivity index (χ2n) is 5.40. The van der Waals surface area contributed by atoms with Crippen molar-refractivity contribution in [1.29, 1.82) is 0 Å². The summed E-state index contributed by atoms with van der Waals surface area (Å²) < 4.78 is 1.99. The van der Waals surface area contributed by atoms with E-state index in [1.54, 1.807) is 0 Å². The van der Waals surface area contributed by atoms with Gasteiger partial charge in [-0.25, -0.2) is 0 Å². The van der Waals surface area contributed by atoms with Crippen LogP contribution >= 0.6 is 0 Å². The van der Waals surface area contributed by atoms with Gasteiger partial charge >= 0.3 is 0 Å². The molecule has 0 atom stereocenters. The Kier molecular flexibility index (Phi) is 6.13. The standard InChI is InChI=1S/C15H27N3/c1-6-14(5)10-17(9-13(3)4)11-15-8-16-18(7-2)12-15/h6,8,12-13H,7,9-11H2,1-5H3/b14-6+. The van der Waals surface area contributed by atoms with E-state index in [2.05, 4.69) is 56.9 Å². The van der Waals surface area contributed by atoms with Crippen LogP contribution in [0.15, 0.2) is 24.0 Å². The molecule has 0 aliphatic rings. The molecule has 1 aromatic rings. The number of aromatic nitrogens is 2. The number of nitrogens with zero attached hydrogens (tertiary/aromatic N) is 3. The molecule has 0 saturated carbocycles. The zero-order chi connectivity index (χ0) is 13.5. The Morgan fingerprint density at radius 2 is 2.22 bits per heavy atom. The highest BCUT2D eigenvalue weighted by atomic mass is 15.3. The van der Waals surface area contributed by atoms with Crippen LogP contribution in [0, 0.1) is 5.92 Å². The predicted octanol–water partition coefficient (Wildman–Crippen LogP) is 3.33. The number of rotatable bonds is 7. The maximum atomic E-state index is 4.34. The third kappa shape index (κ3) is 5.05. The van der Waals surface area contributed by atoms with Gasteiger partial charge < -0.3 is 0 Å². The van der Waals surface area contributed by atoms with Crippen LogP contribution in [0.1, 0.15) is 40.2 Å². The van der Waals surface area contributed by atoms with E-state index in [1.807, 2.05) is 10.9 Å². The molecule has 0 saturated heterocycles. The summed E-state index contributed by atoms with van der Waals surface area (Å²) >= 11 is 0. The third-order valence-electron chi connectivity index (χ3n) is 3.01. The maximum absolute atomic E-state index is 4.34. The first kappa shape index (κ1) is 15.0. The predicted molar refractivity (Wildman–Crippen MR) is 77.4 cm³/mol. The first-order chi connectivity index (χ1) is 8.55. The normalized spacial score (nSPS) is 12.7. The van der Waals surface area contributed by atoms with Gasteiger partial charge in [-0.2, -0.15) is 5.10 Å². The molecule has 0 radical (unpaired) electrons. The van der Waals surface area contributed by atoms with Crippen LogP contribution in [0.5, 0.6) is 0 Å². The maximum Gasteiger partial charge on any atom is 0.0534 e. The summed E-state index contributed by atoms with van der Waals surface area (Å²) in [5.74, 6) is 0.691. The second-order valence-corrected chi connectivity index (χ2v) is 5.40. The van der Waals surface area contributed by atoms with E-state index >= 15 is 0 Å². The van der Waals surface area contributed by atoms with Crippen molar-refractivity contribution >= 4 is 0 Å². The Morgan fingerprint density at radius 3 is 2.72 bits per heavy atom. The van der Waals surface area contributed by atoms with E-state index in [1.165, 1.54) is 11.1 Å². The van der Waals surface area contributed by atoms with Crippen molar-refractivity contribution in [3.63, 3.8) is 0 Å². The van der Waals surface area contributed by atoms with Crippen LogP contribution in [0.2, 0.25) is 0 Å². The Balaban J connectivity index is 2.65. The van der Waals surface area contributed by atoms with Gasteiger partial charge in [-0.15, -0.1) is 0 Å². The molecule has 1 aromatic heterocycles. The first-order valence-corrected chi connectivity index (χ1v) is 6.90. The van der Waals surface area contributed by atoms with E-state index in [4.69, 9.17) is 0 Å². The minimum atomic E-state index is 0.691. The van der Waals surface area contributed by atoms with Gasteiger partial charge in [0.2, 0.25) is 0 Å². The van der Waals surface area contributed by atoms with Gasteiger partial charge in [0.05, 0.1) is 6.20 Å². The Hall–Kier alpha value is -1.09. The van der Waals surface area contributed by atoms with E-state index in [0.717, 1.165) is 26.2 Å². The summed E-state index contributed by atoms with van der Waals surface area (Å²) in [5.41, 5.74) is 2.74. The Morgan fingerprint density at radius 1 is 1.50 bits per heavy atom. The molecule has 0 amide bonds. The Labute approximate surface area is 111 Å². The summed E-state index contributed by atoms with van der Waals surface area (Å²) in [6.45, 7) is 15.1. The van der Waals surface area contributed by atoms with Gasteiger partial charge in [0.25, 0.3) is 0 Å². The van der Waals surface area contributed by atoms with Gasteiger partial charge in [-0.1, -0.05) is 25.5 Å². The van der Waals surface area contributed by atoms with Gasteiger partial charge in [0.1, 0.15) is 0 Å². The topological polar surface area (TPSA) is 21.1 Å². The zero-order valence-electron chi connectivity index (χ0n) is 12.5.